The van der Waals surface area contributed by atoms with E-state index in [-0.39, 0.29) is 11.7 Å². The first-order valence-electron chi connectivity index (χ1n) is 5.06. The van der Waals surface area contributed by atoms with Crippen molar-refractivity contribution in [2.75, 3.05) is 13.7 Å². The van der Waals surface area contributed by atoms with Gasteiger partial charge in [0.05, 0.1) is 10.7 Å². The molecule has 3 nitrogen and oxygen atoms in total. The van der Waals surface area contributed by atoms with Crippen molar-refractivity contribution in [2.45, 2.75) is 26.7 Å². The molecule has 84 valence electrons. The lowest BCUT2D eigenvalue weighted by Gasteiger charge is -2.08. The van der Waals surface area contributed by atoms with Crippen molar-refractivity contribution in [1.82, 2.24) is 4.98 Å². The molecule has 0 aromatic carbocycles. The largest absolute Gasteiger partial charge is 0.385 e. The Balaban J connectivity index is 2.41. The molecule has 0 saturated heterocycles. The highest BCUT2D eigenvalue weighted by Gasteiger charge is 2.14. The summed E-state index contributed by atoms with van der Waals surface area (Å²) in [7, 11) is 1.65. The normalized spacial score (nSPS) is 12.7. The third kappa shape index (κ3) is 4.10. The van der Waals surface area contributed by atoms with E-state index in [4.69, 9.17) is 4.74 Å². The number of carbonyl (C=O) groups is 1. The molecule has 0 fully saturated rings. The first kappa shape index (κ1) is 12.3. The number of hydrogen-bond donors (Lipinski definition) is 0. The number of carbonyl (C=O) groups excluding carboxylic acids is 1. The predicted octanol–water partition coefficient (Wildman–Crippen LogP) is 2.24. The van der Waals surface area contributed by atoms with Gasteiger partial charge < -0.3 is 4.74 Å². The third-order valence-corrected chi connectivity index (χ3v) is 3.15. The molecule has 4 heteroatoms. The predicted molar refractivity (Wildman–Crippen MR) is 61.2 cm³/mol. The van der Waals surface area contributed by atoms with Crippen LogP contribution in [0.25, 0.3) is 0 Å². The van der Waals surface area contributed by atoms with Gasteiger partial charge in [0, 0.05) is 31.4 Å². The summed E-state index contributed by atoms with van der Waals surface area (Å²) in [5, 5.41) is 2.97. The molecular weight excluding hydrogens is 210 g/mol. The molecular formula is C11H17NO2S. The fourth-order valence-corrected chi connectivity index (χ4v) is 1.91. The van der Waals surface area contributed by atoms with Gasteiger partial charge in [-0.15, -0.1) is 11.3 Å². The Labute approximate surface area is 94.5 Å². The van der Waals surface area contributed by atoms with Crippen molar-refractivity contribution in [1.29, 1.82) is 0 Å². The molecule has 0 aliphatic rings. The number of hydrogen-bond acceptors (Lipinski definition) is 4. The number of nitrogens with zero attached hydrogens (tertiary/aromatic N) is 1. The second-order valence-corrected chi connectivity index (χ2v) is 4.75. The molecule has 0 aliphatic carbocycles. The van der Waals surface area contributed by atoms with Crippen LogP contribution in [0.2, 0.25) is 0 Å². The third-order valence-electron chi connectivity index (χ3n) is 2.33. The van der Waals surface area contributed by atoms with E-state index in [1.807, 2.05) is 19.2 Å². The smallest absolute Gasteiger partial charge is 0.141 e. The maximum Gasteiger partial charge on any atom is 0.141 e. The maximum absolute atomic E-state index is 11.7. The number of thiazole rings is 1. The van der Waals surface area contributed by atoms with Crippen LogP contribution in [0.1, 0.15) is 24.0 Å². The van der Waals surface area contributed by atoms with Crippen molar-refractivity contribution >= 4 is 17.1 Å². The van der Waals surface area contributed by atoms with E-state index in [2.05, 4.69) is 4.98 Å². The lowest BCUT2D eigenvalue weighted by atomic mass is 10.00. The van der Waals surface area contributed by atoms with Crippen molar-refractivity contribution in [2.24, 2.45) is 5.92 Å². The van der Waals surface area contributed by atoms with Gasteiger partial charge in [-0.2, -0.15) is 0 Å². The second-order valence-electron chi connectivity index (χ2n) is 3.68. The topological polar surface area (TPSA) is 39.2 Å². The number of Topliss-reactive ketones (excluding diaryl/α,β-unsaturated/α-hetero) is 1. The average molecular weight is 227 g/mol. The fourth-order valence-electron chi connectivity index (χ4n) is 1.30. The van der Waals surface area contributed by atoms with Crippen LogP contribution in [0.5, 0.6) is 0 Å². The summed E-state index contributed by atoms with van der Waals surface area (Å²) in [6, 6.07) is 0. The number of aromatic nitrogens is 1. The minimum absolute atomic E-state index is 0.0620. The Morgan fingerprint density at radius 2 is 2.40 bits per heavy atom. The molecule has 1 atom stereocenters. The minimum atomic E-state index is 0.0620. The van der Waals surface area contributed by atoms with Crippen molar-refractivity contribution in [3.05, 3.63) is 16.1 Å². The van der Waals surface area contributed by atoms with E-state index < -0.39 is 0 Å². The second kappa shape index (κ2) is 5.98. The summed E-state index contributed by atoms with van der Waals surface area (Å²) in [6.07, 6.45) is 1.24. The van der Waals surface area contributed by atoms with Gasteiger partial charge in [-0.25, -0.2) is 4.98 Å². The molecule has 0 aliphatic heterocycles. The molecule has 1 unspecified atom stereocenters. The van der Waals surface area contributed by atoms with Crippen LogP contribution in [0, 0.1) is 12.8 Å². The van der Waals surface area contributed by atoms with Crippen molar-refractivity contribution < 1.29 is 9.53 Å². The van der Waals surface area contributed by atoms with E-state index in [0.717, 1.165) is 17.1 Å². The lowest BCUT2D eigenvalue weighted by molar-refractivity contribution is -0.122. The SMILES string of the molecule is COCCC(C)C(=O)Cc1csc(C)n1. The summed E-state index contributed by atoms with van der Waals surface area (Å²) in [6.45, 7) is 4.54. The highest BCUT2D eigenvalue weighted by molar-refractivity contribution is 7.09. The van der Waals surface area contributed by atoms with Crippen molar-refractivity contribution in [3.8, 4) is 0 Å². The maximum atomic E-state index is 11.7. The first-order chi connectivity index (χ1) is 7.13. The Bertz CT molecular complexity index is 322. The number of rotatable bonds is 6. The number of aryl methyl sites for hydroxylation is 1. The van der Waals surface area contributed by atoms with Crippen LogP contribution in [0.4, 0.5) is 0 Å². The number of ether oxygens (including phenoxy) is 1. The Hall–Kier alpha value is -0.740. The summed E-state index contributed by atoms with van der Waals surface area (Å²) < 4.78 is 4.95. The van der Waals surface area contributed by atoms with E-state index in [9.17, 15) is 4.79 Å². The molecule has 0 saturated carbocycles. The van der Waals surface area contributed by atoms with Gasteiger partial charge in [0.1, 0.15) is 5.78 Å². The minimum Gasteiger partial charge on any atom is -0.385 e. The van der Waals surface area contributed by atoms with E-state index in [1.165, 1.54) is 0 Å². The van der Waals surface area contributed by atoms with E-state index in [0.29, 0.717) is 13.0 Å². The van der Waals surface area contributed by atoms with Crippen LogP contribution in [-0.4, -0.2) is 24.5 Å². The summed E-state index contributed by atoms with van der Waals surface area (Å²) in [5.74, 6) is 0.310. The van der Waals surface area contributed by atoms with Gasteiger partial charge in [0.15, 0.2) is 0 Å². The van der Waals surface area contributed by atoms with Crippen LogP contribution >= 0.6 is 11.3 Å². The molecule has 0 spiro atoms. The lowest BCUT2D eigenvalue weighted by Crippen LogP contribution is -2.15. The van der Waals surface area contributed by atoms with Crippen LogP contribution in [-0.2, 0) is 16.0 Å². The van der Waals surface area contributed by atoms with E-state index >= 15 is 0 Å². The molecule has 15 heavy (non-hydrogen) atoms. The van der Waals surface area contributed by atoms with Crippen molar-refractivity contribution in [3.63, 3.8) is 0 Å². The zero-order valence-corrected chi connectivity index (χ0v) is 10.3. The summed E-state index contributed by atoms with van der Waals surface area (Å²) >= 11 is 1.59. The molecule has 1 aromatic heterocycles. The van der Waals surface area contributed by atoms with E-state index in [1.54, 1.807) is 18.4 Å². The molecule has 1 heterocycles. The molecule has 1 rings (SSSR count). The van der Waals surface area contributed by atoms with Crippen LogP contribution < -0.4 is 0 Å². The zero-order chi connectivity index (χ0) is 11.3. The molecule has 0 bridgehead atoms. The summed E-state index contributed by atoms with van der Waals surface area (Å²) in [5.41, 5.74) is 0.895. The Morgan fingerprint density at radius 1 is 1.67 bits per heavy atom. The molecule has 0 radical (unpaired) electrons. The van der Waals surface area contributed by atoms with Gasteiger partial charge in [-0.3, -0.25) is 4.79 Å². The van der Waals surface area contributed by atoms with Crippen LogP contribution in [0.15, 0.2) is 5.38 Å². The Kier molecular flexibility index (Phi) is 4.91. The number of ketones is 1. The zero-order valence-electron chi connectivity index (χ0n) is 9.45. The first-order valence-corrected chi connectivity index (χ1v) is 5.94. The summed E-state index contributed by atoms with van der Waals surface area (Å²) in [4.78, 5) is 16.0. The quantitative estimate of drug-likeness (QED) is 0.748. The monoisotopic (exact) mass is 227 g/mol. The molecule has 1 aromatic rings. The number of methoxy groups -OCH3 is 1. The van der Waals surface area contributed by atoms with Gasteiger partial charge >= 0.3 is 0 Å². The fraction of sp³-hybridized carbons (Fsp3) is 0.636. The van der Waals surface area contributed by atoms with Gasteiger partial charge in [0.2, 0.25) is 0 Å². The highest BCUT2D eigenvalue weighted by Crippen LogP contribution is 2.12. The standard InChI is InChI=1S/C11H17NO2S/c1-8(4-5-14-3)11(13)6-10-7-15-9(2)12-10/h7-8H,4-6H2,1-3H3. The Morgan fingerprint density at radius 3 is 2.93 bits per heavy atom. The highest BCUT2D eigenvalue weighted by atomic mass is 32.1. The molecule has 0 N–H and O–H groups in total. The average Bonchev–Trinajstić information content (AvgIpc) is 2.60. The van der Waals surface area contributed by atoms with Gasteiger partial charge in [0.25, 0.3) is 0 Å². The molecule has 0 amide bonds. The van der Waals surface area contributed by atoms with Gasteiger partial charge in [-0.05, 0) is 13.3 Å². The van der Waals surface area contributed by atoms with Gasteiger partial charge in [-0.1, -0.05) is 6.92 Å². The van der Waals surface area contributed by atoms with Crippen LogP contribution in [0.3, 0.4) is 0 Å².